The van der Waals surface area contributed by atoms with E-state index in [0.29, 0.717) is 6.61 Å². The Morgan fingerprint density at radius 3 is 1.90 bits per heavy atom. The zero-order valence-corrected chi connectivity index (χ0v) is 18.4. The van der Waals surface area contributed by atoms with Gasteiger partial charge in [-0.3, -0.25) is 0 Å². The molecule has 1 fully saturated rings. The van der Waals surface area contributed by atoms with E-state index in [9.17, 15) is 0 Å². The smallest absolute Gasteiger partial charge is 0.133 e. The van der Waals surface area contributed by atoms with Crippen LogP contribution in [0.4, 0.5) is 0 Å². The highest BCUT2D eigenvalue weighted by molar-refractivity contribution is 5.39. The molecule has 1 unspecified atom stereocenters. The first-order valence-electron chi connectivity index (χ1n) is 11.1. The maximum atomic E-state index is 6.95. The third kappa shape index (κ3) is 4.66. The number of ether oxygens (including phenoxy) is 1. The normalized spacial score (nSPS) is 15.2. The van der Waals surface area contributed by atoms with Crippen LogP contribution in [0, 0.1) is 19.8 Å². The van der Waals surface area contributed by atoms with Crippen LogP contribution in [0.2, 0.25) is 0 Å². The summed E-state index contributed by atoms with van der Waals surface area (Å²) in [4.78, 5) is 0. The van der Waals surface area contributed by atoms with Crippen molar-refractivity contribution < 1.29 is 4.74 Å². The van der Waals surface area contributed by atoms with Crippen molar-refractivity contribution in [3.63, 3.8) is 0 Å². The number of benzene rings is 3. The SMILES string of the molecule is Cc1cc(C)cc(COC(c2ccccc2)(c2ccccc2)C(C)NCC2CC2)c1. The van der Waals surface area contributed by atoms with Crippen molar-refractivity contribution in [2.24, 2.45) is 5.92 Å². The van der Waals surface area contributed by atoms with Gasteiger partial charge < -0.3 is 10.1 Å². The van der Waals surface area contributed by atoms with Gasteiger partial charge in [0.25, 0.3) is 0 Å². The summed E-state index contributed by atoms with van der Waals surface area (Å²) in [5.41, 5.74) is 5.60. The lowest BCUT2D eigenvalue weighted by Gasteiger charge is -2.41. The summed E-state index contributed by atoms with van der Waals surface area (Å²) in [5.74, 6) is 0.816. The number of aryl methyl sites for hydroxylation is 2. The van der Waals surface area contributed by atoms with E-state index >= 15 is 0 Å². The van der Waals surface area contributed by atoms with Gasteiger partial charge in [0.15, 0.2) is 0 Å². The summed E-state index contributed by atoms with van der Waals surface area (Å²) in [7, 11) is 0. The molecule has 0 bridgehead atoms. The molecule has 3 aromatic carbocycles. The van der Waals surface area contributed by atoms with Gasteiger partial charge in [0.05, 0.1) is 6.61 Å². The van der Waals surface area contributed by atoms with E-state index in [1.807, 2.05) is 0 Å². The second-order valence-corrected chi connectivity index (χ2v) is 8.83. The van der Waals surface area contributed by atoms with E-state index in [4.69, 9.17) is 4.74 Å². The largest absolute Gasteiger partial charge is 0.359 e. The first kappa shape index (κ1) is 20.8. The predicted molar refractivity (Wildman–Crippen MR) is 125 cm³/mol. The molecule has 0 amide bonds. The zero-order chi connectivity index (χ0) is 21.0. The van der Waals surface area contributed by atoms with Crippen molar-refractivity contribution in [1.82, 2.24) is 5.32 Å². The molecule has 1 aliphatic carbocycles. The fourth-order valence-electron chi connectivity index (χ4n) is 4.49. The lowest BCUT2D eigenvalue weighted by atomic mass is 9.80. The summed E-state index contributed by atoms with van der Waals surface area (Å²) in [5, 5.41) is 3.82. The van der Waals surface area contributed by atoms with Crippen LogP contribution >= 0.6 is 0 Å². The number of rotatable bonds is 9. The van der Waals surface area contributed by atoms with Gasteiger partial charge in [-0.1, -0.05) is 90.0 Å². The van der Waals surface area contributed by atoms with Gasteiger partial charge in [0.1, 0.15) is 5.60 Å². The van der Waals surface area contributed by atoms with Crippen molar-refractivity contribution in [1.29, 1.82) is 0 Å². The third-order valence-electron chi connectivity index (χ3n) is 6.17. The van der Waals surface area contributed by atoms with E-state index < -0.39 is 5.60 Å². The Bertz CT molecular complexity index is 887. The van der Waals surface area contributed by atoms with Crippen molar-refractivity contribution in [3.8, 4) is 0 Å². The Balaban J connectivity index is 1.74. The minimum atomic E-state index is -0.560. The van der Waals surface area contributed by atoms with Gasteiger partial charge in [-0.15, -0.1) is 0 Å². The summed E-state index contributed by atoms with van der Waals surface area (Å²) in [6, 6.07) is 28.2. The van der Waals surface area contributed by atoms with Crippen LogP contribution in [-0.4, -0.2) is 12.6 Å². The van der Waals surface area contributed by atoms with Crippen molar-refractivity contribution in [3.05, 3.63) is 107 Å². The van der Waals surface area contributed by atoms with Crippen LogP contribution in [0.5, 0.6) is 0 Å². The fourth-order valence-corrected chi connectivity index (χ4v) is 4.49. The molecule has 0 spiro atoms. The van der Waals surface area contributed by atoms with Crippen molar-refractivity contribution >= 4 is 0 Å². The first-order chi connectivity index (χ1) is 14.6. The lowest BCUT2D eigenvalue weighted by molar-refractivity contribution is -0.0534. The maximum Gasteiger partial charge on any atom is 0.133 e. The molecule has 3 aromatic rings. The average Bonchev–Trinajstić information content (AvgIpc) is 3.58. The second-order valence-electron chi connectivity index (χ2n) is 8.83. The van der Waals surface area contributed by atoms with Gasteiger partial charge in [0.2, 0.25) is 0 Å². The molecule has 1 aliphatic rings. The lowest BCUT2D eigenvalue weighted by Crippen LogP contribution is -2.50. The van der Waals surface area contributed by atoms with Gasteiger partial charge in [-0.2, -0.15) is 0 Å². The summed E-state index contributed by atoms with van der Waals surface area (Å²) >= 11 is 0. The van der Waals surface area contributed by atoms with Gasteiger partial charge in [-0.25, -0.2) is 0 Å². The van der Waals surface area contributed by atoms with Gasteiger partial charge in [0, 0.05) is 6.04 Å². The molecule has 0 saturated heterocycles. The molecule has 30 heavy (non-hydrogen) atoms. The Hall–Kier alpha value is -2.42. The quantitative estimate of drug-likeness (QED) is 0.466. The Kier molecular flexibility index (Phi) is 6.36. The molecule has 0 aromatic heterocycles. The topological polar surface area (TPSA) is 21.3 Å². The van der Waals surface area contributed by atoms with E-state index in [2.05, 4.69) is 105 Å². The average molecular weight is 400 g/mol. The number of nitrogens with one attached hydrogen (secondary N) is 1. The highest BCUT2D eigenvalue weighted by Gasteiger charge is 2.41. The molecule has 0 aliphatic heterocycles. The van der Waals surface area contributed by atoms with Crippen LogP contribution in [-0.2, 0) is 16.9 Å². The highest BCUT2D eigenvalue weighted by Crippen LogP contribution is 2.39. The van der Waals surface area contributed by atoms with Gasteiger partial charge in [-0.05, 0) is 62.8 Å². The maximum absolute atomic E-state index is 6.95. The highest BCUT2D eigenvalue weighted by atomic mass is 16.5. The van der Waals surface area contributed by atoms with E-state index in [1.54, 1.807) is 0 Å². The Morgan fingerprint density at radius 2 is 1.40 bits per heavy atom. The summed E-state index contributed by atoms with van der Waals surface area (Å²) in [6.07, 6.45) is 2.68. The molecule has 2 heteroatoms. The third-order valence-corrected chi connectivity index (χ3v) is 6.17. The minimum absolute atomic E-state index is 0.133. The molecule has 2 nitrogen and oxygen atoms in total. The van der Waals surface area contributed by atoms with Crippen LogP contribution in [0.3, 0.4) is 0 Å². The second kappa shape index (κ2) is 9.16. The van der Waals surface area contributed by atoms with Crippen LogP contribution in [0.1, 0.15) is 47.6 Å². The van der Waals surface area contributed by atoms with Crippen LogP contribution in [0.25, 0.3) is 0 Å². The molecule has 4 rings (SSSR count). The first-order valence-corrected chi connectivity index (χ1v) is 11.1. The molecular formula is C28H33NO. The molecular weight excluding hydrogens is 366 g/mol. The van der Waals surface area contributed by atoms with Crippen molar-refractivity contribution in [2.45, 2.75) is 51.9 Å². The van der Waals surface area contributed by atoms with E-state index in [-0.39, 0.29) is 6.04 Å². The predicted octanol–water partition coefficient (Wildman–Crippen LogP) is 6.15. The zero-order valence-electron chi connectivity index (χ0n) is 18.4. The van der Waals surface area contributed by atoms with Gasteiger partial charge >= 0.3 is 0 Å². The summed E-state index contributed by atoms with van der Waals surface area (Å²) in [6.45, 7) is 8.19. The van der Waals surface area contributed by atoms with E-state index in [0.717, 1.165) is 12.5 Å². The van der Waals surface area contributed by atoms with Crippen molar-refractivity contribution in [2.75, 3.05) is 6.54 Å². The molecule has 1 atom stereocenters. The number of hydrogen-bond acceptors (Lipinski definition) is 2. The van der Waals surface area contributed by atoms with Crippen LogP contribution in [0.15, 0.2) is 78.9 Å². The minimum Gasteiger partial charge on any atom is -0.359 e. The van der Waals surface area contributed by atoms with E-state index in [1.165, 1.54) is 40.7 Å². The monoisotopic (exact) mass is 399 g/mol. The Morgan fingerprint density at radius 1 is 0.867 bits per heavy atom. The molecule has 156 valence electrons. The Labute approximate surface area is 181 Å². The molecule has 1 N–H and O–H groups in total. The molecule has 0 radical (unpaired) electrons. The standard InChI is InChI=1S/C28H33NO/c1-21-16-22(2)18-25(17-21)20-30-28(26-10-6-4-7-11-26,27-12-8-5-9-13-27)23(3)29-19-24-14-15-24/h4-13,16-18,23-24,29H,14-15,19-20H2,1-3H3. The fraction of sp³-hybridized carbons (Fsp3) is 0.357. The van der Waals surface area contributed by atoms with Crippen LogP contribution < -0.4 is 5.32 Å². The number of hydrogen-bond donors (Lipinski definition) is 1. The molecule has 0 heterocycles. The summed E-state index contributed by atoms with van der Waals surface area (Å²) < 4.78 is 6.95. The molecule has 1 saturated carbocycles.